The van der Waals surface area contributed by atoms with Gasteiger partial charge in [0.2, 0.25) is 5.91 Å². The number of hydrogen-bond acceptors (Lipinski definition) is 2. The molecular weight excluding hydrogens is 290 g/mol. The van der Waals surface area contributed by atoms with Crippen molar-refractivity contribution < 1.29 is 4.79 Å². The number of aryl methyl sites for hydroxylation is 2. The van der Waals surface area contributed by atoms with Crippen LogP contribution in [-0.4, -0.2) is 33.0 Å². The van der Waals surface area contributed by atoms with Gasteiger partial charge in [0.1, 0.15) is 0 Å². The van der Waals surface area contributed by atoms with Gasteiger partial charge in [0.05, 0.1) is 11.0 Å². The number of carbonyl (C=O) groups is 1. The summed E-state index contributed by atoms with van der Waals surface area (Å²) in [6.45, 7) is 6.52. The zero-order valence-electron chi connectivity index (χ0n) is 14.2. The minimum atomic E-state index is -0.0561. The van der Waals surface area contributed by atoms with E-state index in [1.165, 1.54) is 6.42 Å². The number of carbonyl (C=O) groups excluding carboxylic acids is 1. The molecule has 0 bridgehead atoms. The van der Waals surface area contributed by atoms with Crippen molar-refractivity contribution in [3.8, 4) is 0 Å². The van der Waals surface area contributed by atoms with E-state index in [4.69, 9.17) is 0 Å². The topological polar surface area (TPSA) is 47.2 Å². The summed E-state index contributed by atoms with van der Waals surface area (Å²) in [4.78, 5) is 26.9. The highest BCUT2D eigenvalue weighted by Crippen LogP contribution is 2.21. The molecule has 2 heterocycles. The number of aromatic nitrogens is 2. The third-order valence-electron chi connectivity index (χ3n) is 4.82. The van der Waals surface area contributed by atoms with E-state index in [0.29, 0.717) is 24.8 Å². The highest BCUT2D eigenvalue weighted by Gasteiger charge is 2.25. The zero-order chi connectivity index (χ0) is 16.6. The monoisotopic (exact) mass is 315 g/mol. The smallest absolute Gasteiger partial charge is 0.328 e. The summed E-state index contributed by atoms with van der Waals surface area (Å²) in [5.74, 6) is 1.27. The highest BCUT2D eigenvalue weighted by atomic mass is 16.2. The van der Waals surface area contributed by atoms with E-state index in [1.807, 2.05) is 29.2 Å². The molecule has 5 nitrogen and oxygen atoms in total. The lowest BCUT2D eigenvalue weighted by Gasteiger charge is -2.35. The van der Waals surface area contributed by atoms with Crippen LogP contribution in [0.25, 0.3) is 11.0 Å². The van der Waals surface area contributed by atoms with Crippen molar-refractivity contribution in [2.75, 3.05) is 13.1 Å². The number of piperidine rings is 1. The number of para-hydroxylation sites is 2. The standard InChI is InChI=1S/C18H25N3O2/c1-13-10-14(2)12-20(11-13)17(22)8-9-21-16-7-5-4-6-15(16)19(3)18(21)23/h4-7,13-14H,8-12H2,1-3H3/t13-,14+. The van der Waals surface area contributed by atoms with Crippen LogP contribution in [0.2, 0.25) is 0 Å². The summed E-state index contributed by atoms with van der Waals surface area (Å²) < 4.78 is 3.36. The van der Waals surface area contributed by atoms with E-state index < -0.39 is 0 Å². The van der Waals surface area contributed by atoms with E-state index in [-0.39, 0.29) is 11.6 Å². The first-order valence-corrected chi connectivity index (χ1v) is 8.39. The second-order valence-electron chi connectivity index (χ2n) is 6.98. The summed E-state index contributed by atoms with van der Waals surface area (Å²) in [5.41, 5.74) is 1.75. The predicted octanol–water partition coefficient (Wildman–Crippen LogP) is 2.23. The van der Waals surface area contributed by atoms with Crippen molar-refractivity contribution in [1.29, 1.82) is 0 Å². The fraction of sp³-hybridized carbons (Fsp3) is 0.556. The molecule has 5 heteroatoms. The molecule has 0 radical (unpaired) electrons. The third kappa shape index (κ3) is 3.05. The van der Waals surface area contributed by atoms with Gasteiger partial charge in [-0.3, -0.25) is 13.9 Å². The summed E-state index contributed by atoms with van der Waals surface area (Å²) in [5, 5.41) is 0. The SMILES string of the molecule is C[C@@H]1C[C@H](C)CN(C(=O)CCn2c(=O)n(C)c3ccccc32)C1. The second kappa shape index (κ2) is 6.22. The highest BCUT2D eigenvalue weighted by molar-refractivity contribution is 5.78. The summed E-state index contributed by atoms with van der Waals surface area (Å²) in [6.07, 6.45) is 1.57. The Balaban J connectivity index is 1.75. The van der Waals surface area contributed by atoms with Crippen molar-refractivity contribution >= 4 is 16.9 Å². The van der Waals surface area contributed by atoms with Gasteiger partial charge in [-0.1, -0.05) is 26.0 Å². The second-order valence-corrected chi connectivity index (χ2v) is 6.98. The number of hydrogen-bond donors (Lipinski definition) is 0. The lowest BCUT2D eigenvalue weighted by molar-refractivity contribution is -0.134. The fourth-order valence-corrected chi connectivity index (χ4v) is 3.81. The molecule has 1 aliphatic rings. The van der Waals surface area contributed by atoms with Gasteiger partial charge in [-0.2, -0.15) is 0 Å². The van der Waals surface area contributed by atoms with Crippen molar-refractivity contribution in [2.24, 2.45) is 18.9 Å². The molecule has 23 heavy (non-hydrogen) atoms. The molecule has 0 aliphatic carbocycles. The van der Waals surface area contributed by atoms with Crippen molar-refractivity contribution in [1.82, 2.24) is 14.0 Å². The average molecular weight is 315 g/mol. The van der Waals surface area contributed by atoms with Crippen LogP contribution in [0, 0.1) is 11.8 Å². The molecular formula is C18H25N3O2. The number of rotatable bonds is 3. The molecule has 1 aromatic carbocycles. The Hall–Kier alpha value is -2.04. The van der Waals surface area contributed by atoms with Crippen molar-refractivity contribution in [3.05, 3.63) is 34.7 Å². The minimum Gasteiger partial charge on any atom is -0.342 e. The maximum atomic E-state index is 12.5. The molecule has 1 saturated heterocycles. The Morgan fingerprint density at radius 2 is 1.74 bits per heavy atom. The van der Waals surface area contributed by atoms with E-state index in [1.54, 1.807) is 16.2 Å². The molecule has 1 aliphatic heterocycles. The third-order valence-corrected chi connectivity index (χ3v) is 4.82. The number of benzene rings is 1. The molecule has 0 spiro atoms. The summed E-state index contributed by atoms with van der Waals surface area (Å²) >= 11 is 0. The molecule has 1 aromatic heterocycles. The van der Waals surface area contributed by atoms with E-state index in [0.717, 1.165) is 24.1 Å². The molecule has 2 aromatic rings. The number of amides is 1. The van der Waals surface area contributed by atoms with Gasteiger partial charge in [0.15, 0.2) is 0 Å². The van der Waals surface area contributed by atoms with Gasteiger partial charge >= 0.3 is 5.69 Å². The molecule has 3 rings (SSSR count). The average Bonchev–Trinajstić information content (AvgIpc) is 2.76. The van der Waals surface area contributed by atoms with Crippen LogP contribution in [0.15, 0.2) is 29.1 Å². The Kier molecular flexibility index (Phi) is 4.28. The normalized spacial score (nSPS) is 21.8. The van der Waals surface area contributed by atoms with Crippen molar-refractivity contribution in [2.45, 2.75) is 33.2 Å². The van der Waals surface area contributed by atoms with Gasteiger partial charge in [0, 0.05) is 33.1 Å². The van der Waals surface area contributed by atoms with Crippen LogP contribution in [0.4, 0.5) is 0 Å². The number of likely N-dealkylation sites (tertiary alicyclic amines) is 1. The Labute approximate surface area is 136 Å². The lowest BCUT2D eigenvalue weighted by Crippen LogP contribution is -2.43. The molecule has 2 atom stereocenters. The van der Waals surface area contributed by atoms with Crippen LogP contribution in [0.3, 0.4) is 0 Å². The number of nitrogens with zero attached hydrogens (tertiary/aromatic N) is 3. The molecule has 124 valence electrons. The first-order valence-electron chi connectivity index (χ1n) is 8.39. The van der Waals surface area contributed by atoms with Gasteiger partial charge in [-0.05, 0) is 30.4 Å². The zero-order valence-corrected chi connectivity index (χ0v) is 14.2. The lowest BCUT2D eigenvalue weighted by atomic mass is 9.92. The van der Waals surface area contributed by atoms with E-state index >= 15 is 0 Å². The Morgan fingerprint density at radius 1 is 1.13 bits per heavy atom. The van der Waals surface area contributed by atoms with Crippen LogP contribution < -0.4 is 5.69 Å². The molecule has 1 fully saturated rings. The quantitative estimate of drug-likeness (QED) is 0.872. The summed E-state index contributed by atoms with van der Waals surface area (Å²) in [6, 6.07) is 7.72. The van der Waals surface area contributed by atoms with Gasteiger partial charge in [-0.15, -0.1) is 0 Å². The Bertz CT molecular complexity index is 764. The first-order chi connectivity index (χ1) is 11.0. The maximum absolute atomic E-state index is 12.5. The number of fused-ring (bicyclic) bond motifs is 1. The van der Waals surface area contributed by atoms with Crippen LogP contribution in [0.5, 0.6) is 0 Å². The van der Waals surface area contributed by atoms with E-state index in [9.17, 15) is 9.59 Å². The maximum Gasteiger partial charge on any atom is 0.328 e. The molecule has 1 amide bonds. The van der Waals surface area contributed by atoms with Gasteiger partial charge < -0.3 is 4.90 Å². The molecule has 0 saturated carbocycles. The van der Waals surface area contributed by atoms with Gasteiger partial charge in [-0.25, -0.2) is 4.79 Å². The van der Waals surface area contributed by atoms with Crippen LogP contribution in [0.1, 0.15) is 26.7 Å². The largest absolute Gasteiger partial charge is 0.342 e. The predicted molar refractivity (Wildman–Crippen MR) is 91.3 cm³/mol. The van der Waals surface area contributed by atoms with Crippen molar-refractivity contribution in [3.63, 3.8) is 0 Å². The summed E-state index contributed by atoms with van der Waals surface area (Å²) in [7, 11) is 1.77. The van der Waals surface area contributed by atoms with Crippen LogP contribution in [-0.2, 0) is 18.4 Å². The first kappa shape index (κ1) is 15.8. The Morgan fingerprint density at radius 3 is 2.39 bits per heavy atom. The van der Waals surface area contributed by atoms with Crippen LogP contribution >= 0.6 is 0 Å². The number of imidazole rings is 1. The molecule has 0 N–H and O–H groups in total. The van der Waals surface area contributed by atoms with E-state index in [2.05, 4.69) is 13.8 Å². The minimum absolute atomic E-state index is 0.0561. The van der Waals surface area contributed by atoms with Gasteiger partial charge in [0.25, 0.3) is 0 Å². The molecule has 0 unspecified atom stereocenters. The fourth-order valence-electron chi connectivity index (χ4n) is 3.81.